The average Bonchev–Trinajstić information content (AvgIpc) is 2.68. The predicted octanol–water partition coefficient (Wildman–Crippen LogP) is 1.96. The number of hydrogen-bond donors (Lipinski definition) is 0. The molecule has 3 aromatic rings. The molecule has 1 atom stereocenters. The van der Waals surface area contributed by atoms with E-state index in [1.54, 1.807) is 13.8 Å². The predicted molar refractivity (Wildman–Crippen MR) is 102 cm³/mol. The minimum absolute atomic E-state index is 0.0155. The standard InChI is InChI=1S/C21H19NO7/c1-4-12(20(25)26)17-14(21(27)28-5-2)9-15-18(24)13-8-11(10(3)23)6-7-16(13)29-19(15)22-17/h6-9,12H,4-5H2,1-3H3,(H,25,26)/p-1. The van der Waals surface area contributed by atoms with Crippen molar-refractivity contribution in [2.75, 3.05) is 6.61 Å². The molecular weight excluding hydrogens is 378 g/mol. The number of carboxylic acid groups (broad SMARTS) is 1. The molecule has 2 heterocycles. The summed E-state index contributed by atoms with van der Waals surface area (Å²) in [4.78, 5) is 52.8. The van der Waals surface area contributed by atoms with Crippen molar-refractivity contribution in [1.82, 2.24) is 4.98 Å². The molecule has 0 aliphatic rings. The second-order valence-electron chi connectivity index (χ2n) is 6.47. The lowest BCUT2D eigenvalue weighted by atomic mass is 9.96. The molecule has 8 nitrogen and oxygen atoms in total. The highest BCUT2D eigenvalue weighted by atomic mass is 16.5. The van der Waals surface area contributed by atoms with Gasteiger partial charge in [-0.2, -0.15) is 0 Å². The number of carbonyl (C=O) groups is 3. The minimum atomic E-state index is -1.40. The van der Waals surface area contributed by atoms with Crippen LogP contribution in [0.2, 0.25) is 0 Å². The van der Waals surface area contributed by atoms with Crippen molar-refractivity contribution in [3.63, 3.8) is 0 Å². The number of benzene rings is 1. The zero-order valence-corrected chi connectivity index (χ0v) is 16.1. The molecular formula is C21H18NO7-. The SMILES string of the molecule is CCOC(=O)c1cc2c(=O)c3cc(C(C)=O)ccc3oc2nc1C(CC)C(=O)[O-]. The monoisotopic (exact) mass is 396 g/mol. The summed E-state index contributed by atoms with van der Waals surface area (Å²) in [5, 5.41) is 11.7. The quantitative estimate of drug-likeness (QED) is 0.351. The van der Waals surface area contributed by atoms with Crippen molar-refractivity contribution in [2.45, 2.75) is 33.1 Å². The van der Waals surface area contributed by atoms with Crippen molar-refractivity contribution in [1.29, 1.82) is 0 Å². The molecule has 1 aromatic carbocycles. The lowest BCUT2D eigenvalue weighted by Crippen LogP contribution is -2.31. The molecule has 1 unspecified atom stereocenters. The normalized spacial score (nSPS) is 12.1. The summed E-state index contributed by atoms with van der Waals surface area (Å²) in [5.41, 5.74) is -0.291. The first-order chi connectivity index (χ1) is 13.8. The smallest absolute Gasteiger partial charge is 0.340 e. The second-order valence-corrected chi connectivity index (χ2v) is 6.47. The van der Waals surface area contributed by atoms with Crippen LogP contribution in [0.3, 0.4) is 0 Å². The number of carbonyl (C=O) groups excluding carboxylic acids is 3. The summed E-state index contributed by atoms with van der Waals surface area (Å²) in [6.45, 7) is 4.66. The molecule has 0 aliphatic carbocycles. The van der Waals surface area contributed by atoms with Gasteiger partial charge in [-0.05, 0) is 44.5 Å². The van der Waals surface area contributed by atoms with Crippen molar-refractivity contribution >= 4 is 39.8 Å². The van der Waals surface area contributed by atoms with Crippen LogP contribution in [0.25, 0.3) is 22.1 Å². The molecule has 0 bridgehead atoms. The molecule has 0 saturated heterocycles. The number of aliphatic carboxylic acids is 1. The largest absolute Gasteiger partial charge is 0.549 e. The van der Waals surface area contributed by atoms with Gasteiger partial charge in [0.15, 0.2) is 5.78 Å². The fourth-order valence-corrected chi connectivity index (χ4v) is 3.12. The number of carboxylic acids is 1. The molecule has 150 valence electrons. The van der Waals surface area contributed by atoms with E-state index in [4.69, 9.17) is 9.15 Å². The molecule has 0 saturated carbocycles. The van der Waals surface area contributed by atoms with Crippen LogP contribution in [0, 0.1) is 0 Å². The summed E-state index contributed by atoms with van der Waals surface area (Å²) < 4.78 is 10.7. The van der Waals surface area contributed by atoms with Gasteiger partial charge in [-0.15, -0.1) is 0 Å². The van der Waals surface area contributed by atoms with E-state index < -0.39 is 23.3 Å². The van der Waals surface area contributed by atoms with E-state index in [2.05, 4.69) is 4.98 Å². The van der Waals surface area contributed by atoms with Gasteiger partial charge in [-0.3, -0.25) is 9.59 Å². The third-order valence-electron chi connectivity index (χ3n) is 4.62. The Morgan fingerprint density at radius 1 is 1.17 bits per heavy atom. The lowest BCUT2D eigenvalue weighted by Gasteiger charge is -2.18. The zero-order chi connectivity index (χ0) is 21.3. The van der Waals surface area contributed by atoms with Crippen molar-refractivity contribution in [2.24, 2.45) is 0 Å². The van der Waals surface area contributed by atoms with Crippen LogP contribution < -0.4 is 10.5 Å². The Bertz CT molecular complexity index is 1210. The first kappa shape index (κ1) is 20.2. The Labute approximate surface area is 165 Å². The van der Waals surface area contributed by atoms with E-state index in [1.165, 1.54) is 31.2 Å². The van der Waals surface area contributed by atoms with Gasteiger partial charge in [0.2, 0.25) is 11.1 Å². The number of rotatable bonds is 6. The van der Waals surface area contributed by atoms with Crippen molar-refractivity contribution in [3.05, 3.63) is 51.3 Å². The Morgan fingerprint density at radius 2 is 1.90 bits per heavy atom. The number of fused-ring (bicyclic) bond motifs is 2. The van der Waals surface area contributed by atoms with E-state index in [1.807, 2.05) is 0 Å². The number of aromatic nitrogens is 1. The Kier molecular flexibility index (Phi) is 5.45. The molecule has 0 aliphatic heterocycles. The first-order valence-corrected chi connectivity index (χ1v) is 9.08. The molecule has 0 radical (unpaired) electrons. The minimum Gasteiger partial charge on any atom is -0.549 e. The highest BCUT2D eigenvalue weighted by Crippen LogP contribution is 2.27. The van der Waals surface area contributed by atoms with Crippen LogP contribution in [0.5, 0.6) is 0 Å². The van der Waals surface area contributed by atoms with Gasteiger partial charge in [0.1, 0.15) is 5.58 Å². The summed E-state index contributed by atoms with van der Waals surface area (Å²) in [5.74, 6) is -3.60. The Morgan fingerprint density at radius 3 is 2.48 bits per heavy atom. The van der Waals surface area contributed by atoms with E-state index in [0.717, 1.165) is 0 Å². The fraction of sp³-hybridized carbons (Fsp3) is 0.286. The molecule has 8 heteroatoms. The molecule has 0 spiro atoms. The molecule has 0 amide bonds. The van der Waals surface area contributed by atoms with E-state index >= 15 is 0 Å². The van der Waals surface area contributed by atoms with E-state index in [-0.39, 0.29) is 52.1 Å². The number of pyridine rings is 1. The van der Waals surface area contributed by atoms with Gasteiger partial charge in [0.25, 0.3) is 0 Å². The topological polar surface area (TPSA) is 127 Å². The molecule has 3 rings (SSSR count). The van der Waals surface area contributed by atoms with Gasteiger partial charge < -0.3 is 19.1 Å². The van der Waals surface area contributed by atoms with Gasteiger partial charge >= 0.3 is 5.97 Å². The van der Waals surface area contributed by atoms with Crippen molar-refractivity contribution < 1.29 is 28.6 Å². The maximum Gasteiger partial charge on any atom is 0.340 e. The van der Waals surface area contributed by atoms with Gasteiger partial charge in [0.05, 0.1) is 34.6 Å². The van der Waals surface area contributed by atoms with Gasteiger partial charge in [0, 0.05) is 11.5 Å². The summed E-state index contributed by atoms with van der Waals surface area (Å²) in [6.07, 6.45) is 0.118. The number of esters is 1. The summed E-state index contributed by atoms with van der Waals surface area (Å²) in [6, 6.07) is 5.64. The molecule has 0 N–H and O–H groups in total. The van der Waals surface area contributed by atoms with Gasteiger partial charge in [-0.1, -0.05) is 6.92 Å². The van der Waals surface area contributed by atoms with Gasteiger partial charge in [-0.25, -0.2) is 9.78 Å². The van der Waals surface area contributed by atoms with Crippen LogP contribution in [0.15, 0.2) is 33.5 Å². The lowest BCUT2D eigenvalue weighted by molar-refractivity contribution is -0.308. The number of ketones is 1. The fourth-order valence-electron chi connectivity index (χ4n) is 3.12. The number of nitrogens with zero attached hydrogens (tertiary/aromatic N) is 1. The molecule has 2 aromatic heterocycles. The Hall–Kier alpha value is -3.55. The Balaban J connectivity index is 2.38. The van der Waals surface area contributed by atoms with E-state index in [9.17, 15) is 24.3 Å². The maximum atomic E-state index is 13.0. The van der Waals surface area contributed by atoms with Crippen LogP contribution in [-0.2, 0) is 9.53 Å². The second kappa shape index (κ2) is 7.83. The maximum absolute atomic E-state index is 13.0. The van der Waals surface area contributed by atoms with Crippen molar-refractivity contribution in [3.8, 4) is 0 Å². The zero-order valence-electron chi connectivity index (χ0n) is 16.1. The average molecular weight is 396 g/mol. The molecule has 29 heavy (non-hydrogen) atoms. The summed E-state index contributed by atoms with van der Waals surface area (Å²) in [7, 11) is 0. The first-order valence-electron chi connectivity index (χ1n) is 9.08. The number of Topliss-reactive ketones (excluding diaryl/α,β-unsaturated/α-hetero) is 1. The van der Waals surface area contributed by atoms with Crippen LogP contribution in [-0.4, -0.2) is 29.3 Å². The highest BCUT2D eigenvalue weighted by molar-refractivity contribution is 6.00. The van der Waals surface area contributed by atoms with Crippen LogP contribution >= 0.6 is 0 Å². The third kappa shape index (κ3) is 3.61. The van der Waals surface area contributed by atoms with E-state index in [0.29, 0.717) is 5.56 Å². The van der Waals surface area contributed by atoms with Crippen LogP contribution in [0.4, 0.5) is 0 Å². The van der Waals surface area contributed by atoms with Crippen LogP contribution in [0.1, 0.15) is 59.5 Å². The highest BCUT2D eigenvalue weighted by Gasteiger charge is 2.25. The summed E-state index contributed by atoms with van der Waals surface area (Å²) >= 11 is 0. The number of hydrogen-bond acceptors (Lipinski definition) is 8. The third-order valence-corrected chi connectivity index (χ3v) is 4.62. The number of ether oxygens (including phenoxy) is 1. The molecule has 0 fully saturated rings.